The van der Waals surface area contributed by atoms with E-state index in [9.17, 15) is 13.2 Å². The molecule has 2 N–H and O–H groups in total. The van der Waals surface area contributed by atoms with E-state index in [4.69, 9.17) is 23.8 Å². The largest absolute Gasteiger partial charge is 0.418 e. The molecule has 1 saturated heterocycles. The zero-order valence-electron chi connectivity index (χ0n) is 17.9. The van der Waals surface area contributed by atoms with Crippen LogP contribution in [0.2, 0.25) is 5.02 Å². The molecule has 0 spiro atoms. The Kier molecular flexibility index (Phi) is 6.96. The van der Waals surface area contributed by atoms with E-state index in [-0.39, 0.29) is 32.9 Å². The molecule has 2 heterocycles. The third kappa shape index (κ3) is 6.34. The van der Waals surface area contributed by atoms with Crippen LogP contribution in [0.1, 0.15) is 51.0 Å². The minimum atomic E-state index is -4.54. The highest BCUT2D eigenvalue weighted by molar-refractivity contribution is 7.80. The van der Waals surface area contributed by atoms with Crippen LogP contribution in [0.15, 0.2) is 35.7 Å². The summed E-state index contributed by atoms with van der Waals surface area (Å²) in [4.78, 5) is 3.13. The first-order valence-corrected chi connectivity index (χ1v) is 11.7. The lowest BCUT2D eigenvalue weighted by atomic mass is 9.79. The third-order valence-electron chi connectivity index (χ3n) is 5.31. The average Bonchev–Trinajstić information content (AvgIpc) is 3.10. The Labute approximate surface area is 196 Å². The SMILES string of the molecule is CC1(C)CC(N(Cc2cccs2)C(=S)Nc2ccc(Cl)cc2C(F)(F)F)CC(C)(C)N1. The van der Waals surface area contributed by atoms with Crippen molar-refractivity contribution in [2.24, 2.45) is 0 Å². The standard InChI is InChI=1S/C22H27ClF3N3S2/c1-20(2)11-15(12-21(3,4)28-20)29(13-16-6-5-9-31-16)19(30)27-18-8-7-14(23)10-17(18)22(24,25)26/h5-10,15,28H,11-13H2,1-4H3,(H,27,30). The van der Waals surface area contributed by atoms with Crippen LogP contribution in [0.4, 0.5) is 18.9 Å². The molecule has 3 nitrogen and oxygen atoms in total. The molecule has 0 unspecified atom stereocenters. The molecule has 2 aromatic rings. The second-order valence-electron chi connectivity index (χ2n) is 9.28. The monoisotopic (exact) mass is 489 g/mol. The van der Waals surface area contributed by atoms with E-state index >= 15 is 0 Å². The molecule has 1 fully saturated rings. The van der Waals surface area contributed by atoms with Crippen molar-refractivity contribution in [2.45, 2.75) is 70.4 Å². The van der Waals surface area contributed by atoms with Crippen molar-refractivity contribution < 1.29 is 13.2 Å². The Hall–Kier alpha value is -1.35. The summed E-state index contributed by atoms with van der Waals surface area (Å²) in [6.45, 7) is 9.10. The minimum Gasteiger partial charge on any atom is -0.341 e. The van der Waals surface area contributed by atoms with Crippen molar-refractivity contribution >= 4 is 46.0 Å². The quantitative estimate of drug-likeness (QED) is 0.455. The lowest BCUT2D eigenvalue weighted by Crippen LogP contribution is -2.63. The summed E-state index contributed by atoms with van der Waals surface area (Å²) in [5.41, 5.74) is -1.18. The molecule has 1 aliphatic rings. The van der Waals surface area contributed by atoms with E-state index in [0.717, 1.165) is 23.8 Å². The molecule has 1 aromatic heterocycles. The van der Waals surface area contributed by atoms with Gasteiger partial charge < -0.3 is 15.5 Å². The second kappa shape index (κ2) is 8.89. The molecule has 0 saturated carbocycles. The number of hydrogen-bond acceptors (Lipinski definition) is 3. The molecule has 170 valence electrons. The molecule has 0 radical (unpaired) electrons. The third-order valence-corrected chi connectivity index (χ3v) is 6.74. The van der Waals surface area contributed by atoms with Gasteiger partial charge in [0.2, 0.25) is 0 Å². The van der Waals surface area contributed by atoms with E-state index in [2.05, 4.69) is 38.3 Å². The highest BCUT2D eigenvalue weighted by Gasteiger charge is 2.41. The van der Waals surface area contributed by atoms with Crippen molar-refractivity contribution in [2.75, 3.05) is 5.32 Å². The first-order valence-electron chi connectivity index (χ1n) is 10.0. The second-order valence-corrected chi connectivity index (χ2v) is 11.1. The fraction of sp³-hybridized carbons (Fsp3) is 0.500. The summed E-state index contributed by atoms with van der Waals surface area (Å²) in [5.74, 6) is 0. The van der Waals surface area contributed by atoms with Gasteiger partial charge in [0.1, 0.15) is 0 Å². The molecule has 1 aliphatic heterocycles. The predicted molar refractivity (Wildman–Crippen MR) is 127 cm³/mol. The van der Waals surface area contributed by atoms with Crippen molar-refractivity contribution in [3.05, 3.63) is 51.2 Å². The number of anilines is 1. The van der Waals surface area contributed by atoms with E-state index < -0.39 is 11.7 Å². The normalized spacial score (nSPS) is 18.6. The summed E-state index contributed by atoms with van der Waals surface area (Å²) >= 11 is 13.1. The molecular formula is C22H27ClF3N3S2. The number of thiophene rings is 1. The topological polar surface area (TPSA) is 27.3 Å². The molecule has 9 heteroatoms. The van der Waals surface area contributed by atoms with Gasteiger partial charge in [0.25, 0.3) is 0 Å². The maximum absolute atomic E-state index is 13.6. The number of thiocarbonyl (C=S) groups is 1. The number of piperidine rings is 1. The fourth-order valence-corrected chi connectivity index (χ4v) is 5.67. The van der Waals surface area contributed by atoms with Crippen LogP contribution >= 0.6 is 35.2 Å². The van der Waals surface area contributed by atoms with Gasteiger partial charge in [0.15, 0.2) is 5.11 Å². The van der Waals surface area contributed by atoms with Gasteiger partial charge in [-0.2, -0.15) is 13.2 Å². The van der Waals surface area contributed by atoms with Crippen LogP contribution < -0.4 is 10.6 Å². The maximum Gasteiger partial charge on any atom is 0.418 e. The summed E-state index contributed by atoms with van der Waals surface area (Å²) in [5, 5.41) is 8.81. The Morgan fingerprint density at radius 3 is 2.42 bits per heavy atom. The lowest BCUT2D eigenvalue weighted by molar-refractivity contribution is -0.136. The molecule has 0 bridgehead atoms. The minimum absolute atomic E-state index is 0.0288. The van der Waals surface area contributed by atoms with Crippen LogP contribution in [0.5, 0.6) is 0 Å². The van der Waals surface area contributed by atoms with E-state index in [0.29, 0.717) is 6.54 Å². The molecule has 3 rings (SSSR count). The fourth-order valence-electron chi connectivity index (χ4n) is 4.47. The van der Waals surface area contributed by atoms with Crippen molar-refractivity contribution in [1.29, 1.82) is 0 Å². The zero-order chi connectivity index (χ0) is 23.0. The van der Waals surface area contributed by atoms with Crippen LogP contribution in [0.25, 0.3) is 0 Å². The smallest absolute Gasteiger partial charge is 0.341 e. The number of halogens is 4. The Morgan fingerprint density at radius 1 is 1.23 bits per heavy atom. The van der Waals surface area contributed by atoms with Gasteiger partial charge in [-0.25, -0.2) is 0 Å². The highest BCUT2D eigenvalue weighted by atomic mass is 35.5. The first-order chi connectivity index (χ1) is 14.3. The van der Waals surface area contributed by atoms with Gasteiger partial charge in [-0.05, 0) is 82.4 Å². The van der Waals surface area contributed by atoms with Gasteiger partial charge in [0.05, 0.1) is 17.8 Å². The summed E-state index contributed by atoms with van der Waals surface area (Å²) in [7, 11) is 0. The Bertz CT molecular complexity index is 911. The van der Waals surface area contributed by atoms with Crippen molar-refractivity contribution in [1.82, 2.24) is 10.2 Å². The van der Waals surface area contributed by atoms with Crippen LogP contribution in [-0.2, 0) is 12.7 Å². The van der Waals surface area contributed by atoms with Gasteiger partial charge in [-0.15, -0.1) is 11.3 Å². The maximum atomic E-state index is 13.6. The van der Waals surface area contributed by atoms with Crippen molar-refractivity contribution in [3.63, 3.8) is 0 Å². The Balaban J connectivity index is 1.92. The van der Waals surface area contributed by atoms with E-state index in [1.54, 1.807) is 11.3 Å². The van der Waals surface area contributed by atoms with Crippen LogP contribution in [0, 0.1) is 0 Å². The zero-order valence-corrected chi connectivity index (χ0v) is 20.3. The molecule has 31 heavy (non-hydrogen) atoms. The predicted octanol–water partition coefficient (Wildman–Crippen LogP) is 6.93. The summed E-state index contributed by atoms with van der Waals surface area (Å²) < 4.78 is 40.7. The number of nitrogens with one attached hydrogen (secondary N) is 2. The van der Waals surface area contributed by atoms with Gasteiger partial charge in [-0.1, -0.05) is 17.7 Å². The molecular weight excluding hydrogens is 463 g/mol. The number of hydrogen-bond donors (Lipinski definition) is 2. The molecule has 0 amide bonds. The summed E-state index contributed by atoms with van der Waals surface area (Å²) in [6, 6.07) is 7.73. The van der Waals surface area contributed by atoms with Crippen molar-refractivity contribution in [3.8, 4) is 0 Å². The van der Waals surface area contributed by atoms with E-state index in [1.165, 1.54) is 12.1 Å². The van der Waals surface area contributed by atoms with Crippen LogP contribution in [0.3, 0.4) is 0 Å². The number of rotatable bonds is 4. The summed E-state index contributed by atoms with van der Waals surface area (Å²) in [6.07, 6.45) is -2.91. The number of benzene rings is 1. The molecule has 1 aromatic carbocycles. The van der Waals surface area contributed by atoms with E-state index in [1.807, 2.05) is 22.4 Å². The highest BCUT2D eigenvalue weighted by Crippen LogP contribution is 2.38. The Morgan fingerprint density at radius 2 is 1.87 bits per heavy atom. The molecule has 0 aliphatic carbocycles. The van der Waals surface area contributed by atoms with Crippen LogP contribution in [-0.4, -0.2) is 27.1 Å². The van der Waals surface area contributed by atoms with Gasteiger partial charge >= 0.3 is 6.18 Å². The van der Waals surface area contributed by atoms with Gasteiger partial charge in [-0.3, -0.25) is 0 Å². The first kappa shape index (κ1) is 24.3. The lowest BCUT2D eigenvalue weighted by Gasteiger charge is -2.50. The average molecular weight is 490 g/mol. The number of nitrogens with zero attached hydrogens (tertiary/aromatic N) is 1. The number of alkyl halides is 3. The molecule has 0 atom stereocenters. The van der Waals surface area contributed by atoms with Gasteiger partial charge in [0, 0.05) is 27.0 Å².